The first-order valence-electron chi connectivity index (χ1n) is 35.2. The van der Waals surface area contributed by atoms with Gasteiger partial charge >= 0.3 is 0 Å². The normalized spacial score (nSPS) is 11.0. The predicted molar refractivity (Wildman–Crippen MR) is 452 cm³/mol. The maximum Gasteiger partial charge on any atom is 0.0543 e. The van der Waals surface area contributed by atoms with Crippen LogP contribution >= 0.6 is 0 Å². The van der Waals surface area contributed by atoms with E-state index < -0.39 is 0 Å². The van der Waals surface area contributed by atoms with Gasteiger partial charge in [-0.3, -0.25) is 48.9 Å². The molecule has 9 aromatic heterocycles. The van der Waals surface area contributed by atoms with Crippen LogP contribution in [-0.2, 0) is 327 Å². The molecule has 0 saturated carbocycles. The topological polar surface area (TPSA) is 119 Å². The molecule has 119 heavy (non-hydrogen) atoms. The minimum Gasteiger partial charge on any atom is -0.632 e. The van der Waals surface area contributed by atoms with Crippen LogP contribution in [0.4, 0.5) is 0 Å². The van der Waals surface area contributed by atoms with Gasteiger partial charge in [-0.15, -0.1) is 165 Å². The zero-order valence-corrected chi connectivity index (χ0v) is 99.9. The van der Waals surface area contributed by atoms with Crippen molar-refractivity contribution in [1.29, 1.82) is 0 Å². The SMILES string of the molecule is C[C-]=C(C)c1[c-]cc2ccncc2c1.C[C-]=C(C)c1[c-]cc2cnccc2c1.C[C-]=C(C)c1[c-]cc2ncccc2c1.C[C-]=C(C)c1[c-]cc[nH]1.C[C-]=C(C)c1[c-]cco1.C[C-]=C(C)c1[c-]nc2c(ccc3cccnc32)c1.C[C-]=C(C)c1[c-]nc2ccccc2c1.C[C-]=C(C)c1[c-]occ1.[CH-]=CC(=[CH-])C(C)=[C-]C.[Y].[Y].[Y].[Y].[Y].[Y].[Y].[Y].[Y].[Y]. The van der Waals surface area contributed by atoms with E-state index in [1.54, 1.807) is 50.3 Å². The summed E-state index contributed by atoms with van der Waals surface area (Å²) < 4.78 is 9.78. The van der Waals surface area contributed by atoms with Crippen molar-refractivity contribution in [3.8, 4) is 0 Å². The van der Waals surface area contributed by atoms with E-state index in [-0.39, 0.29) is 327 Å². The summed E-state index contributed by atoms with van der Waals surface area (Å²) in [6.45, 7) is 45.3. The average molecular weight is 2310 g/mol. The predicted octanol–water partition coefficient (Wildman–Crippen LogP) is 25.6. The van der Waals surface area contributed by atoms with E-state index in [1.165, 1.54) is 16.8 Å². The molecule has 0 aliphatic carbocycles. The van der Waals surface area contributed by atoms with E-state index in [1.807, 2.05) is 215 Å². The van der Waals surface area contributed by atoms with Crippen LogP contribution in [0.15, 0.2) is 221 Å². The number of nitrogens with one attached hydrogen (secondary N) is 1. The first-order chi connectivity index (χ1) is 52.8. The molecule has 0 aliphatic rings. The third kappa shape index (κ3) is 43.0. The summed E-state index contributed by atoms with van der Waals surface area (Å²) in [6, 6.07) is 61.6. The summed E-state index contributed by atoms with van der Waals surface area (Å²) >= 11 is 0. The van der Waals surface area contributed by atoms with Crippen molar-refractivity contribution in [1.82, 2.24) is 34.9 Å². The molecule has 586 valence electrons. The van der Waals surface area contributed by atoms with E-state index in [0.29, 0.717) is 5.57 Å². The molecule has 1 N–H and O–H groups in total. The second-order valence-electron chi connectivity index (χ2n) is 24.1. The van der Waals surface area contributed by atoms with Gasteiger partial charge in [-0.1, -0.05) is 88.5 Å². The van der Waals surface area contributed by atoms with Gasteiger partial charge in [0.2, 0.25) is 0 Å². The molecule has 10 radical (unpaired) electrons. The van der Waals surface area contributed by atoms with Crippen LogP contribution < -0.4 is 0 Å². The number of hydrogen-bond donors (Lipinski definition) is 1. The molecular weight excluding hydrogens is 2220 g/mol. The van der Waals surface area contributed by atoms with Crippen LogP contribution in [0, 0.1) is 117 Å². The number of nitrogens with zero attached hydrogens (tertiary/aromatic N) is 6. The Balaban J connectivity index is -0.000000410. The molecule has 14 rings (SSSR count). The summed E-state index contributed by atoms with van der Waals surface area (Å²) in [7, 11) is 0. The molecule has 19 heteroatoms. The number of para-hydroxylation sites is 1. The number of rotatable bonds is 10. The Labute approximate surface area is 962 Å². The fraction of sp³-hybridized carbons (Fsp3) is 0.180. The molecule has 14 aromatic rings. The molecule has 0 unspecified atom stereocenters. The Hall–Kier alpha value is -1.42. The van der Waals surface area contributed by atoms with E-state index in [2.05, 4.69) is 193 Å². The molecule has 0 fully saturated rings. The molecule has 5 aromatic carbocycles. The van der Waals surface area contributed by atoms with Gasteiger partial charge in [-0.05, 0) is 47.3 Å². The van der Waals surface area contributed by atoms with Crippen LogP contribution in [0.3, 0.4) is 0 Å². The molecular formula is C100H90N7O2Y10-19. The summed E-state index contributed by atoms with van der Waals surface area (Å²) in [5.41, 5.74) is 21.3. The summed E-state index contributed by atoms with van der Waals surface area (Å²) in [5.74, 6) is 0.775. The molecule has 0 amide bonds. The number of furan rings is 2. The van der Waals surface area contributed by atoms with Crippen molar-refractivity contribution < 1.29 is 336 Å². The number of allylic oxidation sites excluding steroid dienone is 20. The van der Waals surface area contributed by atoms with Crippen LogP contribution in [0.5, 0.6) is 0 Å². The standard InChI is InChI=1S/C16H12N2.4C13H11N.C8H9N.2C8H8O.C8H9.10Y/c1-3-11(2)14-9-13-7-6-12-5-4-8-17-15(12)16(13)18-10-14;1-3-10(2)11-4-5-13-9-14-7-6-12(13)8-11;1-3-10(2)12-5-4-11-6-7-14-9-13(11)8-12;1-3-10(2)11-6-7-13-12(9-11)5-4-8-14-13;1-3-10(2)12-8-11-6-4-5-7-13(11)14-9-12;1-3-7(2)8-5-4-6-9-8;1-3-7(2)8-4-5-9-6-8;1-3-7(2)8-5-4-6-9-8;1-5-7(3)8(4)6-2;;;;;;;;;;/h4-9H,1-2H3;5-9H,1-2H3;4,6-9H,1-2H3;4-5,7-9H,1-2H3;4-8H,1-2H3;4,6,9H,1-2H3;4-5H,1-2H3;4,6H,1-2H3;1,3,5H,2,4H3;;;;;;;;;;/q8*-2;-3;;;;;;;;;;. The molecule has 0 saturated heterocycles. The van der Waals surface area contributed by atoms with Gasteiger partial charge in [0.15, 0.2) is 0 Å². The maximum absolute atomic E-state index is 5.36. The number of aromatic amines is 1. The quantitative estimate of drug-likeness (QED) is 0.0817. The Kier molecular flexibility index (Phi) is 75.8. The van der Waals surface area contributed by atoms with Crippen molar-refractivity contribution in [2.75, 3.05) is 0 Å². The Morgan fingerprint density at radius 1 is 0.378 bits per heavy atom. The molecule has 0 bridgehead atoms. The van der Waals surface area contributed by atoms with Gasteiger partial charge in [-0.2, -0.15) is 30.0 Å². The van der Waals surface area contributed by atoms with E-state index in [9.17, 15) is 0 Å². The van der Waals surface area contributed by atoms with Crippen molar-refractivity contribution in [2.45, 2.75) is 125 Å². The first-order valence-corrected chi connectivity index (χ1v) is 35.2. The van der Waals surface area contributed by atoms with Crippen LogP contribution in [0.25, 0.3) is 110 Å². The van der Waals surface area contributed by atoms with Gasteiger partial charge < -0.3 is 164 Å². The number of benzene rings is 5. The Bertz CT molecular complexity index is 5060. The van der Waals surface area contributed by atoms with Gasteiger partial charge in [0, 0.05) is 364 Å². The minimum absolute atomic E-state index is 0. The monoisotopic (exact) mass is 2310 g/mol. The fourth-order valence-corrected chi connectivity index (χ4v) is 9.50. The van der Waals surface area contributed by atoms with E-state index >= 15 is 0 Å². The second kappa shape index (κ2) is 71.5. The molecule has 0 spiro atoms. The van der Waals surface area contributed by atoms with Crippen molar-refractivity contribution >= 4 is 110 Å². The van der Waals surface area contributed by atoms with Crippen molar-refractivity contribution in [3.05, 3.63) is 374 Å². The number of fused-ring (bicyclic) bond motifs is 7. The number of hydrogen-bond acceptors (Lipinski definition) is 8. The Morgan fingerprint density at radius 2 is 0.840 bits per heavy atom. The van der Waals surface area contributed by atoms with Gasteiger partial charge in [0.25, 0.3) is 0 Å². The average Bonchev–Trinajstić information content (AvgIpc) is 1.78. The minimum atomic E-state index is 0. The number of H-pyrrole nitrogens is 1. The maximum atomic E-state index is 5.36. The van der Waals surface area contributed by atoms with Crippen LogP contribution in [-0.4, -0.2) is 34.9 Å². The summed E-state index contributed by atoms with van der Waals surface area (Å²) in [4.78, 5) is 28.5. The Morgan fingerprint density at radius 3 is 1.36 bits per heavy atom. The molecule has 0 aliphatic heterocycles. The zero-order valence-electron chi connectivity index (χ0n) is 71.5. The van der Waals surface area contributed by atoms with E-state index in [4.69, 9.17) is 22.0 Å². The fourth-order valence-electron chi connectivity index (χ4n) is 9.50. The first kappa shape index (κ1) is 126. The van der Waals surface area contributed by atoms with Crippen LogP contribution in [0.1, 0.15) is 169 Å². The second-order valence-corrected chi connectivity index (χ2v) is 24.1. The van der Waals surface area contributed by atoms with Gasteiger partial charge in [0.1, 0.15) is 0 Å². The molecule has 9 nitrogen and oxygen atoms in total. The third-order valence-corrected chi connectivity index (χ3v) is 17.2. The van der Waals surface area contributed by atoms with Crippen LogP contribution in [0.2, 0.25) is 0 Å². The summed E-state index contributed by atoms with van der Waals surface area (Å²) in [6.07, 6.45) is 53.5. The largest absolute Gasteiger partial charge is 0.632 e. The van der Waals surface area contributed by atoms with Gasteiger partial charge in [0.05, 0.1) is 5.52 Å². The number of pyridine rings is 6. The van der Waals surface area contributed by atoms with E-state index in [0.717, 1.165) is 149 Å². The smallest absolute Gasteiger partial charge is 0.0543 e. The molecule has 0 atom stereocenters. The molecule has 9 heterocycles. The zero-order chi connectivity index (χ0) is 79.0. The summed E-state index contributed by atoms with van der Waals surface area (Å²) in [5, 5.41) is 9.14. The van der Waals surface area contributed by atoms with Gasteiger partial charge in [-0.25, -0.2) is 66.4 Å². The third-order valence-electron chi connectivity index (χ3n) is 17.2. The van der Waals surface area contributed by atoms with Crippen molar-refractivity contribution in [3.63, 3.8) is 0 Å². The van der Waals surface area contributed by atoms with Crippen molar-refractivity contribution in [2.24, 2.45) is 0 Å². The number of aromatic nitrogens is 7.